The van der Waals surface area contributed by atoms with Crippen LogP contribution in [0.4, 0.5) is 0 Å². The number of hydrogen-bond acceptors (Lipinski definition) is 5. The third kappa shape index (κ3) is 3.56. The molecule has 0 atom stereocenters. The van der Waals surface area contributed by atoms with Crippen molar-refractivity contribution in [1.29, 1.82) is 0 Å². The topological polar surface area (TPSA) is 82.7 Å². The first kappa shape index (κ1) is 17.2. The van der Waals surface area contributed by atoms with Crippen LogP contribution in [0.3, 0.4) is 0 Å². The Hall–Kier alpha value is -2.67. The molecule has 0 bridgehead atoms. The number of piperazine rings is 1. The van der Waals surface area contributed by atoms with Crippen molar-refractivity contribution in [2.75, 3.05) is 32.8 Å². The van der Waals surface area contributed by atoms with Gasteiger partial charge in [0.15, 0.2) is 5.43 Å². The number of aromatic amines is 1. The molecule has 2 aromatic rings. The van der Waals surface area contributed by atoms with Crippen LogP contribution in [0.1, 0.15) is 23.0 Å². The third-order valence-corrected chi connectivity index (χ3v) is 4.42. The second kappa shape index (κ2) is 7.48. The van der Waals surface area contributed by atoms with Gasteiger partial charge in [-0.05, 0) is 19.1 Å². The molecule has 0 radical (unpaired) electrons. The van der Waals surface area contributed by atoms with E-state index in [0.717, 1.165) is 6.41 Å². The van der Waals surface area contributed by atoms with E-state index < -0.39 is 5.97 Å². The number of ether oxygens (including phenoxy) is 1. The number of nitrogens with one attached hydrogen (secondary N) is 1. The van der Waals surface area contributed by atoms with Crippen LogP contribution in [0.5, 0.6) is 0 Å². The van der Waals surface area contributed by atoms with Gasteiger partial charge >= 0.3 is 5.97 Å². The fourth-order valence-electron chi connectivity index (χ4n) is 3.06. The van der Waals surface area contributed by atoms with Crippen molar-refractivity contribution in [2.24, 2.45) is 0 Å². The number of hydrogen-bond donors (Lipinski definition) is 1. The zero-order valence-corrected chi connectivity index (χ0v) is 14.2. The standard InChI is InChI=1S/C18H21N3O4/c1-2-25-18(24)16-14(11-20-7-9-21(12-22)10-8-20)17(23)13-5-3-4-6-15(13)19-16/h3-6,12H,2,7-11H2,1H3,(H,19,23). The summed E-state index contributed by atoms with van der Waals surface area (Å²) in [6, 6.07) is 7.13. The molecule has 1 N–H and O–H groups in total. The van der Waals surface area contributed by atoms with Crippen LogP contribution < -0.4 is 5.43 Å². The number of carbonyl (C=O) groups excluding carboxylic acids is 2. The number of aromatic nitrogens is 1. The predicted octanol–water partition coefficient (Wildman–Crippen LogP) is 0.979. The van der Waals surface area contributed by atoms with Crippen molar-refractivity contribution >= 4 is 23.3 Å². The summed E-state index contributed by atoms with van der Waals surface area (Å²) in [7, 11) is 0. The van der Waals surface area contributed by atoms with Gasteiger partial charge in [0, 0.05) is 49.2 Å². The Bertz CT molecular complexity index is 838. The normalized spacial score (nSPS) is 15.3. The van der Waals surface area contributed by atoms with Gasteiger partial charge in [-0.15, -0.1) is 0 Å². The maximum Gasteiger partial charge on any atom is 0.355 e. The minimum absolute atomic E-state index is 0.157. The van der Waals surface area contributed by atoms with E-state index in [1.165, 1.54) is 0 Å². The van der Waals surface area contributed by atoms with Crippen molar-refractivity contribution in [3.8, 4) is 0 Å². The maximum atomic E-state index is 12.9. The molecule has 1 aromatic carbocycles. The Morgan fingerprint density at radius 3 is 2.64 bits per heavy atom. The lowest BCUT2D eigenvalue weighted by Crippen LogP contribution is -2.45. The summed E-state index contributed by atoms with van der Waals surface area (Å²) in [5, 5.41) is 0.553. The highest BCUT2D eigenvalue weighted by molar-refractivity contribution is 5.92. The average Bonchev–Trinajstić information content (AvgIpc) is 2.64. The molecule has 0 unspecified atom stereocenters. The summed E-state index contributed by atoms with van der Waals surface area (Å²) >= 11 is 0. The van der Waals surface area contributed by atoms with Crippen molar-refractivity contribution < 1.29 is 14.3 Å². The lowest BCUT2D eigenvalue weighted by Gasteiger charge is -2.32. The molecule has 2 heterocycles. The first-order valence-corrected chi connectivity index (χ1v) is 8.36. The van der Waals surface area contributed by atoms with E-state index in [-0.39, 0.29) is 17.7 Å². The zero-order chi connectivity index (χ0) is 17.8. The van der Waals surface area contributed by atoms with E-state index in [0.29, 0.717) is 49.2 Å². The van der Waals surface area contributed by atoms with Crippen molar-refractivity contribution in [3.05, 3.63) is 45.7 Å². The van der Waals surface area contributed by atoms with E-state index >= 15 is 0 Å². The van der Waals surface area contributed by atoms with E-state index in [1.54, 1.807) is 30.0 Å². The van der Waals surface area contributed by atoms with Crippen LogP contribution in [-0.2, 0) is 16.1 Å². The molecular formula is C18H21N3O4. The number of esters is 1. The number of nitrogens with zero attached hydrogens (tertiary/aromatic N) is 2. The number of fused-ring (bicyclic) bond motifs is 1. The summed E-state index contributed by atoms with van der Waals surface area (Å²) in [6.07, 6.45) is 0.838. The predicted molar refractivity (Wildman–Crippen MR) is 93.4 cm³/mol. The van der Waals surface area contributed by atoms with Crippen LogP contribution in [0, 0.1) is 0 Å². The van der Waals surface area contributed by atoms with Crippen LogP contribution in [0.25, 0.3) is 10.9 Å². The molecule has 1 saturated heterocycles. The molecule has 0 aliphatic carbocycles. The van der Waals surface area contributed by atoms with E-state index in [4.69, 9.17) is 4.74 Å². The molecule has 25 heavy (non-hydrogen) atoms. The van der Waals surface area contributed by atoms with Crippen molar-refractivity contribution in [3.63, 3.8) is 0 Å². The van der Waals surface area contributed by atoms with E-state index in [1.807, 2.05) is 6.07 Å². The summed E-state index contributed by atoms with van der Waals surface area (Å²) in [4.78, 5) is 42.9. The van der Waals surface area contributed by atoms with Crippen LogP contribution in [0.15, 0.2) is 29.1 Å². The third-order valence-electron chi connectivity index (χ3n) is 4.42. The molecule has 7 nitrogen and oxygen atoms in total. The highest BCUT2D eigenvalue weighted by Gasteiger charge is 2.23. The Kier molecular flexibility index (Phi) is 5.14. The van der Waals surface area contributed by atoms with Gasteiger partial charge in [-0.25, -0.2) is 4.79 Å². The molecule has 1 aromatic heterocycles. The minimum Gasteiger partial charge on any atom is -0.461 e. The molecule has 0 saturated carbocycles. The van der Waals surface area contributed by atoms with Gasteiger partial charge in [0.05, 0.1) is 6.61 Å². The molecule has 7 heteroatoms. The van der Waals surface area contributed by atoms with Gasteiger partial charge < -0.3 is 14.6 Å². The number of carbonyl (C=O) groups is 2. The lowest BCUT2D eigenvalue weighted by atomic mass is 10.1. The molecule has 1 aliphatic rings. The monoisotopic (exact) mass is 343 g/mol. The number of rotatable bonds is 5. The van der Waals surface area contributed by atoms with E-state index in [2.05, 4.69) is 9.88 Å². The van der Waals surface area contributed by atoms with Gasteiger partial charge in [0.25, 0.3) is 0 Å². The average molecular weight is 343 g/mol. The fourth-order valence-corrected chi connectivity index (χ4v) is 3.06. The Morgan fingerprint density at radius 1 is 1.24 bits per heavy atom. The van der Waals surface area contributed by atoms with Gasteiger partial charge in [0.1, 0.15) is 5.69 Å². The van der Waals surface area contributed by atoms with Gasteiger partial charge in [-0.1, -0.05) is 12.1 Å². The first-order chi connectivity index (χ1) is 12.1. The molecular weight excluding hydrogens is 322 g/mol. The molecule has 1 aliphatic heterocycles. The van der Waals surface area contributed by atoms with Gasteiger partial charge in [-0.2, -0.15) is 0 Å². The minimum atomic E-state index is -0.521. The van der Waals surface area contributed by atoms with Crippen LogP contribution in [0.2, 0.25) is 0 Å². The number of amides is 1. The zero-order valence-electron chi connectivity index (χ0n) is 14.2. The van der Waals surface area contributed by atoms with Gasteiger partial charge in [-0.3, -0.25) is 14.5 Å². The van der Waals surface area contributed by atoms with E-state index in [9.17, 15) is 14.4 Å². The number of para-hydroxylation sites is 1. The Morgan fingerprint density at radius 2 is 1.96 bits per heavy atom. The highest BCUT2D eigenvalue weighted by Crippen LogP contribution is 2.15. The lowest BCUT2D eigenvalue weighted by molar-refractivity contribution is -0.119. The molecule has 3 rings (SSSR count). The maximum absolute atomic E-state index is 12.9. The molecule has 132 valence electrons. The summed E-state index contributed by atoms with van der Waals surface area (Å²) in [6.45, 7) is 4.87. The quantitative estimate of drug-likeness (QED) is 0.646. The summed E-state index contributed by atoms with van der Waals surface area (Å²) in [5.41, 5.74) is 1.08. The van der Waals surface area contributed by atoms with Crippen LogP contribution in [-0.4, -0.2) is 59.9 Å². The second-order valence-electron chi connectivity index (χ2n) is 5.99. The molecule has 0 spiro atoms. The van der Waals surface area contributed by atoms with Gasteiger partial charge in [0.2, 0.25) is 6.41 Å². The summed E-state index contributed by atoms with van der Waals surface area (Å²) in [5.74, 6) is -0.521. The van der Waals surface area contributed by atoms with Crippen molar-refractivity contribution in [1.82, 2.24) is 14.8 Å². The highest BCUT2D eigenvalue weighted by atomic mass is 16.5. The van der Waals surface area contributed by atoms with Crippen molar-refractivity contribution in [2.45, 2.75) is 13.5 Å². The summed E-state index contributed by atoms with van der Waals surface area (Å²) < 4.78 is 5.11. The Balaban J connectivity index is 1.98. The number of benzene rings is 1. The number of H-pyrrole nitrogens is 1. The smallest absolute Gasteiger partial charge is 0.355 e. The Labute approximate surface area is 145 Å². The largest absolute Gasteiger partial charge is 0.461 e. The second-order valence-corrected chi connectivity index (χ2v) is 5.99. The van der Waals surface area contributed by atoms with Crippen LogP contribution >= 0.6 is 0 Å². The number of pyridine rings is 1. The SMILES string of the molecule is CCOC(=O)c1[nH]c2ccccc2c(=O)c1CN1CCN(C=O)CC1. The fraction of sp³-hybridized carbons (Fsp3) is 0.389. The molecule has 1 fully saturated rings. The first-order valence-electron chi connectivity index (χ1n) is 8.36. The molecule has 1 amide bonds.